The molecule has 0 fully saturated rings. The number of thioether (sulfide) groups is 1. The molecule has 0 saturated heterocycles. The van der Waals surface area contributed by atoms with E-state index in [-0.39, 0.29) is 0 Å². The van der Waals surface area contributed by atoms with Gasteiger partial charge in [-0.05, 0) is 17.7 Å². The summed E-state index contributed by atoms with van der Waals surface area (Å²) in [6.45, 7) is 0. The van der Waals surface area contributed by atoms with Crippen LogP contribution in [-0.4, -0.2) is 31.5 Å². The summed E-state index contributed by atoms with van der Waals surface area (Å²) in [6.07, 6.45) is 0. The molecule has 0 radical (unpaired) electrons. The van der Waals surface area contributed by atoms with Crippen molar-refractivity contribution in [2.75, 3.05) is 26.6 Å². The average molecular weight is 376 g/mol. The van der Waals surface area contributed by atoms with Gasteiger partial charge in [0.1, 0.15) is 0 Å². The third-order valence-corrected chi connectivity index (χ3v) is 5.39. The van der Waals surface area contributed by atoms with E-state index in [0.717, 1.165) is 31.0 Å². The molecule has 2 rings (SSSR count). The summed E-state index contributed by atoms with van der Waals surface area (Å²) in [5.41, 5.74) is 1.12. The molecule has 0 unspecified atom stereocenters. The van der Waals surface area contributed by atoms with Crippen LogP contribution in [0.2, 0.25) is 0 Å². The van der Waals surface area contributed by atoms with Crippen molar-refractivity contribution in [2.45, 2.75) is 10.1 Å². The van der Waals surface area contributed by atoms with Gasteiger partial charge in [-0.15, -0.1) is 10.2 Å². The Morgan fingerprint density at radius 1 is 1.25 bits per heavy atom. The molecule has 1 N–H and O–H groups in total. The number of aromatic nitrogens is 2. The van der Waals surface area contributed by atoms with Gasteiger partial charge in [-0.1, -0.05) is 39.0 Å². The quantitative estimate of drug-likeness (QED) is 0.777. The van der Waals surface area contributed by atoms with Gasteiger partial charge in [0.05, 0.1) is 14.2 Å². The van der Waals surface area contributed by atoms with Crippen molar-refractivity contribution in [3.63, 3.8) is 0 Å². The van der Waals surface area contributed by atoms with Gasteiger partial charge in [-0.2, -0.15) is 0 Å². The van der Waals surface area contributed by atoms with Crippen LogP contribution in [-0.2, 0) is 5.75 Å². The fourth-order valence-corrected chi connectivity index (χ4v) is 3.86. The Kier molecular flexibility index (Phi) is 5.50. The maximum Gasteiger partial charge on any atom is 0.206 e. The van der Waals surface area contributed by atoms with Gasteiger partial charge in [-0.25, -0.2) is 0 Å². The summed E-state index contributed by atoms with van der Waals surface area (Å²) in [4.78, 5) is 0. The predicted octanol–water partition coefficient (Wildman–Crippen LogP) is 3.65. The lowest BCUT2D eigenvalue weighted by Crippen LogP contribution is -1.93. The molecule has 1 aromatic carbocycles. The number of rotatable bonds is 6. The number of halogens is 1. The summed E-state index contributed by atoms with van der Waals surface area (Å²) < 4.78 is 12.5. The second kappa shape index (κ2) is 7.14. The summed E-state index contributed by atoms with van der Waals surface area (Å²) in [5, 5.41) is 11.9. The summed E-state index contributed by atoms with van der Waals surface area (Å²) in [5.74, 6) is 2.21. The second-order valence-electron chi connectivity index (χ2n) is 3.71. The normalized spacial score (nSPS) is 10.4. The van der Waals surface area contributed by atoms with Gasteiger partial charge < -0.3 is 14.8 Å². The molecule has 0 spiro atoms. The van der Waals surface area contributed by atoms with E-state index >= 15 is 0 Å². The third-order valence-electron chi connectivity index (χ3n) is 2.52. The highest BCUT2D eigenvalue weighted by atomic mass is 79.9. The van der Waals surface area contributed by atoms with E-state index in [4.69, 9.17) is 9.47 Å². The van der Waals surface area contributed by atoms with E-state index in [1.165, 1.54) is 11.3 Å². The van der Waals surface area contributed by atoms with Crippen molar-refractivity contribution in [3.8, 4) is 11.5 Å². The van der Waals surface area contributed by atoms with Crippen LogP contribution >= 0.6 is 39.0 Å². The highest BCUT2D eigenvalue weighted by Crippen LogP contribution is 2.36. The average Bonchev–Trinajstić information content (AvgIpc) is 2.93. The minimum atomic E-state index is 0.710. The standard InChI is InChI=1S/C12H14BrN3O2S2/c1-14-11-15-16-12(20-11)19-6-7-4-9(17-2)10(18-3)5-8(7)13/h4-5H,6H2,1-3H3,(H,14,15). The van der Waals surface area contributed by atoms with Crippen molar-refractivity contribution < 1.29 is 9.47 Å². The molecule has 0 aliphatic carbocycles. The van der Waals surface area contributed by atoms with Crippen molar-refractivity contribution in [1.29, 1.82) is 0 Å². The molecule has 8 heteroatoms. The van der Waals surface area contributed by atoms with Crippen LogP contribution in [0, 0.1) is 0 Å². The van der Waals surface area contributed by atoms with E-state index in [0.29, 0.717) is 5.75 Å². The van der Waals surface area contributed by atoms with Crippen LogP contribution in [0.1, 0.15) is 5.56 Å². The highest BCUT2D eigenvalue weighted by molar-refractivity contribution is 9.10. The fraction of sp³-hybridized carbons (Fsp3) is 0.333. The van der Waals surface area contributed by atoms with Crippen molar-refractivity contribution in [1.82, 2.24) is 10.2 Å². The van der Waals surface area contributed by atoms with Gasteiger partial charge >= 0.3 is 0 Å². The van der Waals surface area contributed by atoms with E-state index in [9.17, 15) is 0 Å². The molecule has 1 aromatic heterocycles. The fourth-order valence-electron chi connectivity index (χ4n) is 1.52. The summed E-state index contributed by atoms with van der Waals surface area (Å²) >= 11 is 6.72. The molecule has 0 bridgehead atoms. The van der Waals surface area contributed by atoms with E-state index in [2.05, 4.69) is 31.4 Å². The Labute approximate surface area is 134 Å². The molecular weight excluding hydrogens is 362 g/mol. The molecular formula is C12H14BrN3O2S2. The Hall–Kier alpha value is -0.990. The van der Waals surface area contributed by atoms with Crippen LogP contribution in [0.3, 0.4) is 0 Å². The van der Waals surface area contributed by atoms with E-state index < -0.39 is 0 Å². The first kappa shape index (κ1) is 15.4. The minimum absolute atomic E-state index is 0.710. The zero-order valence-electron chi connectivity index (χ0n) is 11.3. The first-order chi connectivity index (χ1) is 9.67. The highest BCUT2D eigenvalue weighted by Gasteiger charge is 2.11. The molecule has 20 heavy (non-hydrogen) atoms. The van der Waals surface area contributed by atoms with E-state index in [1.54, 1.807) is 26.0 Å². The van der Waals surface area contributed by atoms with Crippen LogP contribution in [0.15, 0.2) is 20.9 Å². The molecule has 2 aromatic rings. The number of methoxy groups -OCH3 is 2. The topological polar surface area (TPSA) is 56.3 Å². The van der Waals surface area contributed by atoms with Gasteiger partial charge in [0.25, 0.3) is 0 Å². The van der Waals surface area contributed by atoms with Gasteiger partial charge in [0.15, 0.2) is 15.8 Å². The Balaban J connectivity index is 2.12. The summed E-state index contributed by atoms with van der Waals surface area (Å²) in [6, 6.07) is 3.88. The molecule has 0 amide bonds. The molecule has 5 nitrogen and oxygen atoms in total. The van der Waals surface area contributed by atoms with Crippen molar-refractivity contribution in [3.05, 3.63) is 22.2 Å². The lowest BCUT2D eigenvalue weighted by Gasteiger charge is -2.11. The first-order valence-corrected chi connectivity index (χ1v) is 8.32. The lowest BCUT2D eigenvalue weighted by atomic mass is 10.2. The molecule has 0 saturated carbocycles. The first-order valence-electron chi connectivity index (χ1n) is 5.72. The second-order valence-corrected chi connectivity index (χ2v) is 6.76. The van der Waals surface area contributed by atoms with Crippen LogP contribution in [0.5, 0.6) is 11.5 Å². The zero-order valence-corrected chi connectivity index (χ0v) is 14.5. The monoisotopic (exact) mass is 375 g/mol. The molecule has 0 aliphatic rings. The number of nitrogens with one attached hydrogen (secondary N) is 1. The Morgan fingerprint density at radius 2 is 1.95 bits per heavy atom. The third kappa shape index (κ3) is 3.56. The molecule has 1 heterocycles. The van der Waals surface area contributed by atoms with Gasteiger partial charge in [0.2, 0.25) is 5.13 Å². The largest absolute Gasteiger partial charge is 0.493 e. The van der Waals surface area contributed by atoms with Crippen molar-refractivity contribution in [2.24, 2.45) is 0 Å². The number of nitrogens with zero attached hydrogens (tertiary/aromatic N) is 2. The van der Waals surface area contributed by atoms with Gasteiger partial charge in [-0.3, -0.25) is 0 Å². The number of hydrogen-bond donors (Lipinski definition) is 1. The maximum atomic E-state index is 5.31. The predicted molar refractivity (Wildman–Crippen MR) is 86.3 cm³/mol. The smallest absolute Gasteiger partial charge is 0.206 e. The molecule has 108 valence electrons. The minimum Gasteiger partial charge on any atom is -0.493 e. The van der Waals surface area contributed by atoms with Crippen molar-refractivity contribution >= 4 is 44.2 Å². The molecule has 0 aliphatic heterocycles. The number of ether oxygens (including phenoxy) is 2. The Morgan fingerprint density at radius 3 is 2.55 bits per heavy atom. The Bertz CT molecular complexity index is 592. The number of hydrogen-bond acceptors (Lipinski definition) is 7. The number of anilines is 1. The van der Waals surface area contributed by atoms with Crippen LogP contribution in [0.4, 0.5) is 5.13 Å². The molecule has 0 atom stereocenters. The SMILES string of the molecule is CNc1nnc(SCc2cc(OC)c(OC)cc2Br)s1. The van der Waals surface area contributed by atoms with Crippen LogP contribution in [0.25, 0.3) is 0 Å². The maximum absolute atomic E-state index is 5.31. The lowest BCUT2D eigenvalue weighted by molar-refractivity contribution is 0.354. The van der Waals surface area contributed by atoms with E-state index in [1.807, 2.05) is 19.2 Å². The van der Waals surface area contributed by atoms with Gasteiger partial charge in [0, 0.05) is 17.3 Å². The van der Waals surface area contributed by atoms with Crippen LogP contribution < -0.4 is 14.8 Å². The number of benzene rings is 1. The summed E-state index contributed by atoms with van der Waals surface area (Å²) in [7, 11) is 5.09. The zero-order chi connectivity index (χ0) is 14.5.